The first-order valence-electron chi connectivity index (χ1n) is 8.64. The van der Waals surface area contributed by atoms with Crippen LogP contribution < -0.4 is 0 Å². The predicted molar refractivity (Wildman–Crippen MR) is 101 cm³/mol. The van der Waals surface area contributed by atoms with Gasteiger partial charge < -0.3 is 4.43 Å². The Bertz CT molecular complexity index is 735. The van der Waals surface area contributed by atoms with Gasteiger partial charge in [-0.3, -0.25) is 4.79 Å². The van der Waals surface area contributed by atoms with Crippen molar-refractivity contribution >= 4 is 24.2 Å². The van der Waals surface area contributed by atoms with E-state index in [1.54, 1.807) is 24.3 Å². The molecule has 7 heteroatoms. The standard InChI is InChI=1S/C18H29NO4SSi/c1-14-7-10-16(11-8-14)24(21,22)19-15(9-12-17(19)20)13-23-25(5,6)18(2,3)4/h7-8,10-11,15H,9,12-13H2,1-6H3/t15-/m0/s1. The third-order valence-electron chi connectivity index (χ3n) is 5.29. The number of benzene rings is 1. The summed E-state index contributed by atoms with van der Waals surface area (Å²) in [6, 6.07) is 6.18. The Morgan fingerprint density at radius 3 is 2.28 bits per heavy atom. The van der Waals surface area contributed by atoms with Crippen LogP contribution in [0.5, 0.6) is 0 Å². The molecule has 0 saturated carbocycles. The molecule has 1 aliphatic heterocycles. The molecule has 5 nitrogen and oxygen atoms in total. The average molecular weight is 384 g/mol. The Labute approximate surface area is 152 Å². The van der Waals surface area contributed by atoms with Gasteiger partial charge in [0.25, 0.3) is 10.0 Å². The Morgan fingerprint density at radius 2 is 1.76 bits per heavy atom. The Kier molecular flexibility index (Phi) is 5.52. The molecule has 0 aliphatic carbocycles. The molecular formula is C18H29NO4SSi. The molecule has 0 N–H and O–H groups in total. The van der Waals surface area contributed by atoms with Gasteiger partial charge >= 0.3 is 0 Å². The van der Waals surface area contributed by atoms with Crippen LogP contribution in [-0.4, -0.2) is 39.6 Å². The molecular weight excluding hydrogens is 354 g/mol. The van der Waals surface area contributed by atoms with E-state index in [4.69, 9.17) is 4.43 Å². The van der Waals surface area contributed by atoms with Gasteiger partial charge in [0.1, 0.15) is 0 Å². The van der Waals surface area contributed by atoms with Crippen molar-refractivity contribution in [2.24, 2.45) is 0 Å². The van der Waals surface area contributed by atoms with E-state index in [9.17, 15) is 13.2 Å². The Hall–Kier alpha value is -1.18. The van der Waals surface area contributed by atoms with E-state index in [0.29, 0.717) is 6.42 Å². The molecule has 0 aromatic heterocycles. The number of hydrogen-bond donors (Lipinski definition) is 0. The summed E-state index contributed by atoms with van der Waals surface area (Å²) in [4.78, 5) is 12.5. The van der Waals surface area contributed by atoms with E-state index >= 15 is 0 Å². The molecule has 1 heterocycles. The topological polar surface area (TPSA) is 63.7 Å². The van der Waals surface area contributed by atoms with E-state index < -0.39 is 24.4 Å². The second-order valence-corrected chi connectivity index (χ2v) is 14.9. The third kappa shape index (κ3) is 4.15. The molecule has 0 bridgehead atoms. The van der Waals surface area contributed by atoms with E-state index in [2.05, 4.69) is 33.9 Å². The van der Waals surface area contributed by atoms with Crippen LogP contribution in [-0.2, 0) is 19.2 Å². The molecule has 1 amide bonds. The summed E-state index contributed by atoms with van der Waals surface area (Å²) in [7, 11) is -5.84. The molecule has 1 atom stereocenters. The lowest BCUT2D eigenvalue weighted by atomic mass is 10.2. The first-order chi connectivity index (χ1) is 11.4. The molecule has 25 heavy (non-hydrogen) atoms. The van der Waals surface area contributed by atoms with Crippen molar-refractivity contribution in [2.75, 3.05) is 6.61 Å². The fourth-order valence-electron chi connectivity index (χ4n) is 2.55. The highest BCUT2D eigenvalue weighted by atomic mass is 32.2. The highest BCUT2D eigenvalue weighted by Crippen LogP contribution is 2.37. The molecule has 0 radical (unpaired) electrons. The minimum absolute atomic E-state index is 0.0380. The van der Waals surface area contributed by atoms with E-state index in [1.807, 2.05) is 6.92 Å². The molecule has 0 unspecified atom stereocenters. The van der Waals surface area contributed by atoms with Crippen LogP contribution in [0.4, 0.5) is 0 Å². The number of sulfonamides is 1. The van der Waals surface area contributed by atoms with Crippen molar-refractivity contribution in [3.63, 3.8) is 0 Å². The van der Waals surface area contributed by atoms with Gasteiger partial charge in [0, 0.05) is 6.42 Å². The summed E-state index contributed by atoms with van der Waals surface area (Å²) < 4.78 is 33.1. The van der Waals surface area contributed by atoms with Crippen LogP contribution in [0.1, 0.15) is 39.2 Å². The number of hydrogen-bond acceptors (Lipinski definition) is 4. The van der Waals surface area contributed by atoms with Gasteiger partial charge in [-0.05, 0) is 43.6 Å². The van der Waals surface area contributed by atoms with Crippen molar-refractivity contribution in [3.8, 4) is 0 Å². The Morgan fingerprint density at radius 1 is 1.20 bits per heavy atom. The highest BCUT2D eigenvalue weighted by molar-refractivity contribution is 7.89. The fourth-order valence-corrected chi connectivity index (χ4v) is 5.21. The van der Waals surface area contributed by atoms with Crippen molar-refractivity contribution in [2.45, 2.75) is 69.6 Å². The van der Waals surface area contributed by atoms with Crippen LogP contribution in [0.25, 0.3) is 0 Å². The summed E-state index contributed by atoms with van der Waals surface area (Å²) in [5, 5.41) is 0.0380. The van der Waals surface area contributed by atoms with Crippen molar-refractivity contribution in [3.05, 3.63) is 29.8 Å². The maximum absolute atomic E-state index is 12.9. The number of aryl methyl sites for hydroxylation is 1. The van der Waals surface area contributed by atoms with Gasteiger partial charge in [0.15, 0.2) is 8.32 Å². The van der Waals surface area contributed by atoms with Crippen LogP contribution in [0.3, 0.4) is 0 Å². The Balaban J connectivity index is 2.23. The summed E-state index contributed by atoms with van der Waals surface area (Å²) in [5.74, 6) is -0.343. The number of carbonyl (C=O) groups excluding carboxylic acids is 1. The minimum Gasteiger partial charge on any atom is -0.415 e. The molecule has 1 aliphatic rings. The van der Waals surface area contributed by atoms with Crippen LogP contribution in [0.15, 0.2) is 29.2 Å². The smallest absolute Gasteiger partial charge is 0.266 e. The van der Waals surface area contributed by atoms with Gasteiger partial charge in [-0.25, -0.2) is 12.7 Å². The number of rotatable bonds is 5. The quantitative estimate of drug-likeness (QED) is 0.727. The lowest BCUT2D eigenvalue weighted by Gasteiger charge is -2.37. The number of nitrogens with zero attached hydrogens (tertiary/aromatic N) is 1. The predicted octanol–water partition coefficient (Wildman–Crippen LogP) is 3.70. The molecule has 2 rings (SSSR count). The normalized spacial score (nSPS) is 19.5. The molecule has 1 aromatic carbocycles. The zero-order valence-corrected chi connectivity index (χ0v) is 17.8. The SMILES string of the molecule is Cc1ccc(S(=O)(=O)N2C(=O)CC[C@H]2CO[Si](C)(C)C(C)(C)C)cc1. The van der Waals surface area contributed by atoms with Gasteiger partial charge in [-0.1, -0.05) is 38.5 Å². The summed E-state index contributed by atoms with van der Waals surface area (Å²) in [6.45, 7) is 12.8. The van der Waals surface area contributed by atoms with E-state index in [1.165, 1.54) is 0 Å². The third-order valence-corrected chi connectivity index (χ3v) is 11.7. The second kappa shape index (κ2) is 6.85. The van der Waals surface area contributed by atoms with Crippen molar-refractivity contribution < 1.29 is 17.6 Å². The van der Waals surface area contributed by atoms with Crippen LogP contribution >= 0.6 is 0 Å². The largest absolute Gasteiger partial charge is 0.415 e. The number of carbonyl (C=O) groups is 1. The first-order valence-corrected chi connectivity index (χ1v) is 13.0. The van der Waals surface area contributed by atoms with Crippen LogP contribution in [0.2, 0.25) is 18.1 Å². The lowest BCUT2D eigenvalue weighted by Crippen LogP contribution is -2.46. The fraction of sp³-hybridized carbons (Fsp3) is 0.611. The summed E-state index contributed by atoms with van der Waals surface area (Å²) in [5.41, 5.74) is 0.976. The maximum atomic E-state index is 12.9. The van der Waals surface area contributed by atoms with Gasteiger partial charge in [0.2, 0.25) is 5.91 Å². The van der Waals surface area contributed by atoms with Gasteiger partial charge in [-0.15, -0.1) is 0 Å². The molecule has 0 spiro atoms. The van der Waals surface area contributed by atoms with E-state index in [0.717, 1.165) is 9.87 Å². The first kappa shape index (κ1) is 20.1. The summed E-state index contributed by atoms with van der Waals surface area (Å²) >= 11 is 0. The van der Waals surface area contributed by atoms with Crippen LogP contribution in [0, 0.1) is 6.92 Å². The number of amides is 1. The molecule has 140 valence electrons. The summed E-state index contributed by atoms with van der Waals surface area (Å²) in [6.07, 6.45) is 0.759. The van der Waals surface area contributed by atoms with E-state index in [-0.39, 0.29) is 28.9 Å². The average Bonchev–Trinajstić information content (AvgIpc) is 2.86. The van der Waals surface area contributed by atoms with Gasteiger partial charge in [-0.2, -0.15) is 0 Å². The minimum atomic E-state index is -3.84. The van der Waals surface area contributed by atoms with Crippen molar-refractivity contribution in [1.82, 2.24) is 4.31 Å². The zero-order chi connectivity index (χ0) is 19.0. The molecule has 1 saturated heterocycles. The molecule has 1 aromatic rings. The lowest BCUT2D eigenvalue weighted by molar-refractivity contribution is -0.124. The maximum Gasteiger partial charge on any atom is 0.266 e. The second-order valence-electron chi connectivity index (χ2n) is 8.27. The molecule has 1 fully saturated rings. The van der Waals surface area contributed by atoms with Gasteiger partial charge in [0.05, 0.1) is 17.5 Å². The zero-order valence-electron chi connectivity index (χ0n) is 16.0. The monoisotopic (exact) mass is 383 g/mol. The van der Waals surface area contributed by atoms with Crippen molar-refractivity contribution in [1.29, 1.82) is 0 Å². The highest BCUT2D eigenvalue weighted by Gasteiger charge is 2.43.